The molecule has 0 aromatic heterocycles. The molecular formula is C11H12FINO3-. The predicted molar refractivity (Wildman–Crippen MR) is 56.0 cm³/mol. The Labute approximate surface area is 108 Å². The van der Waals surface area contributed by atoms with Crippen molar-refractivity contribution in [3.63, 3.8) is 0 Å². The Morgan fingerprint density at radius 1 is 1.47 bits per heavy atom. The molecule has 1 amide bonds. The predicted octanol–water partition coefficient (Wildman–Crippen LogP) is -1.75. The van der Waals surface area contributed by atoms with E-state index in [1.54, 1.807) is 23.1 Å². The van der Waals surface area contributed by atoms with E-state index in [-0.39, 0.29) is 10.2 Å². The molecule has 6 heteroatoms. The third-order valence-corrected chi connectivity index (χ3v) is 3.95. The number of nitrogens with one attached hydrogen (secondary N) is 1. The Kier molecular flexibility index (Phi) is 5.33. The van der Waals surface area contributed by atoms with Crippen molar-refractivity contribution >= 4 is 9.88 Å². The van der Waals surface area contributed by atoms with Crippen LogP contribution in [-0.4, -0.2) is 26.0 Å². The summed E-state index contributed by atoms with van der Waals surface area (Å²) in [4.78, 5) is 23.9. The van der Waals surface area contributed by atoms with Gasteiger partial charge in [0, 0.05) is 0 Å². The fraction of sp³-hybridized carbons (Fsp3) is 0.273. The van der Waals surface area contributed by atoms with Crippen LogP contribution in [0.1, 0.15) is 5.56 Å². The molecule has 1 aromatic carbocycles. The van der Waals surface area contributed by atoms with Crippen molar-refractivity contribution in [2.24, 2.45) is 0 Å². The van der Waals surface area contributed by atoms with Crippen LogP contribution in [0.15, 0.2) is 24.3 Å². The molecule has 0 spiro atoms. The van der Waals surface area contributed by atoms with Gasteiger partial charge in [0.2, 0.25) is 0 Å². The summed E-state index contributed by atoms with van der Waals surface area (Å²) in [5.74, 6) is -0.424. The van der Waals surface area contributed by atoms with E-state index >= 15 is 0 Å². The number of carbonyl (C=O) groups excluding carboxylic acids is 1. The van der Waals surface area contributed by atoms with Crippen molar-refractivity contribution in [1.29, 1.82) is 0 Å². The van der Waals surface area contributed by atoms with Crippen molar-refractivity contribution in [2.45, 2.75) is 12.5 Å². The van der Waals surface area contributed by atoms with Crippen LogP contribution >= 0.6 is 0 Å². The first-order valence-corrected chi connectivity index (χ1v) is 8.04. The second-order valence-electron chi connectivity index (χ2n) is 3.29. The van der Waals surface area contributed by atoms with Crippen LogP contribution in [-0.2, 0) is 11.2 Å². The van der Waals surface area contributed by atoms with Gasteiger partial charge in [-0.25, -0.2) is 0 Å². The van der Waals surface area contributed by atoms with Crippen molar-refractivity contribution in [1.82, 2.24) is 5.32 Å². The minimum absolute atomic E-state index is 0.0609. The number of carboxylic acid groups (broad SMARTS) is 1. The first-order chi connectivity index (χ1) is 8.04. The maximum absolute atomic E-state index is 13.4. The molecule has 0 radical (unpaired) electrons. The number of amides is 1. The summed E-state index contributed by atoms with van der Waals surface area (Å²) >= 11 is -0.723. The van der Waals surface area contributed by atoms with Crippen LogP contribution in [0.5, 0.6) is 0 Å². The standard InChI is InChI=1S/C11H12FINO3/c1-13-10(15)9(14-11(16)17)6-7-4-2-3-5-8(7)12/h2-5,9,14H,6H2,1H3,(H,16,17)/q-1/t9-/m0/s1. The van der Waals surface area contributed by atoms with E-state index in [9.17, 15) is 14.0 Å². The molecule has 2 N–H and O–H groups in total. The Morgan fingerprint density at radius 3 is 2.65 bits per heavy atom. The first-order valence-electron chi connectivity index (χ1n) is 4.80. The fourth-order valence-electron chi connectivity index (χ4n) is 1.35. The van der Waals surface area contributed by atoms with Gasteiger partial charge in [-0.05, 0) is 0 Å². The zero-order chi connectivity index (χ0) is 12.8. The second-order valence-corrected chi connectivity index (χ2v) is 5.43. The normalized spacial score (nSPS) is 12.1. The summed E-state index contributed by atoms with van der Waals surface area (Å²) in [6.45, 7) is 0. The summed E-state index contributed by atoms with van der Waals surface area (Å²) in [5, 5.41) is 10.8. The van der Waals surface area contributed by atoms with E-state index in [0.717, 1.165) is 0 Å². The monoisotopic (exact) mass is 352 g/mol. The zero-order valence-corrected chi connectivity index (χ0v) is 11.3. The third-order valence-electron chi connectivity index (χ3n) is 2.14. The summed E-state index contributed by atoms with van der Waals surface area (Å²) in [5.41, 5.74) is 0.344. The molecule has 1 rings (SSSR count). The Hall–Kier alpha value is -1.18. The van der Waals surface area contributed by atoms with Gasteiger partial charge in [-0.15, -0.1) is 0 Å². The molecule has 0 heterocycles. The van der Waals surface area contributed by atoms with Gasteiger partial charge in [0.05, 0.1) is 0 Å². The molecule has 0 aliphatic heterocycles. The summed E-state index contributed by atoms with van der Waals surface area (Å²) in [6.07, 6.45) is -1.21. The number of hydrogen-bond acceptors (Lipinski definition) is 2. The van der Waals surface area contributed by atoms with Crippen LogP contribution in [0.4, 0.5) is 9.18 Å². The number of benzene rings is 1. The minimum atomic E-state index is -1.27. The molecule has 17 heavy (non-hydrogen) atoms. The Morgan fingerprint density at radius 2 is 2.12 bits per heavy atom. The molecule has 0 unspecified atom stereocenters. The van der Waals surface area contributed by atoms with Crippen molar-refractivity contribution < 1.29 is 40.3 Å². The maximum atomic E-state index is 13.4. The van der Waals surface area contributed by atoms with Gasteiger partial charge in [-0.3, -0.25) is 0 Å². The zero-order valence-electron chi connectivity index (χ0n) is 9.11. The number of alkyl halides is 1. The van der Waals surface area contributed by atoms with Gasteiger partial charge in [-0.1, -0.05) is 0 Å². The van der Waals surface area contributed by atoms with Crippen LogP contribution in [0.25, 0.3) is 0 Å². The number of rotatable bonds is 5. The molecule has 0 saturated carbocycles. The van der Waals surface area contributed by atoms with E-state index < -0.39 is 39.2 Å². The number of hydrogen-bond donors (Lipinski definition) is 2. The van der Waals surface area contributed by atoms with Gasteiger partial charge in [0.25, 0.3) is 0 Å². The van der Waals surface area contributed by atoms with Crippen LogP contribution < -0.4 is 26.5 Å². The van der Waals surface area contributed by atoms with Crippen molar-refractivity contribution in [2.75, 3.05) is 4.93 Å². The molecule has 1 aromatic rings. The SMILES string of the molecule is C[I-]C(=O)[C@H](Cc1ccccc1F)NC(=O)O. The van der Waals surface area contributed by atoms with Crippen LogP contribution in [0.2, 0.25) is 0 Å². The van der Waals surface area contributed by atoms with Gasteiger partial charge >= 0.3 is 109 Å². The quantitative estimate of drug-likeness (QED) is 0.375. The van der Waals surface area contributed by atoms with Gasteiger partial charge in [0.15, 0.2) is 0 Å². The second kappa shape index (κ2) is 6.53. The van der Waals surface area contributed by atoms with Gasteiger partial charge < -0.3 is 0 Å². The Bertz CT molecular complexity index is 425. The first kappa shape index (κ1) is 13.9. The van der Waals surface area contributed by atoms with E-state index in [0.29, 0.717) is 5.56 Å². The van der Waals surface area contributed by atoms with Crippen molar-refractivity contribution in [3.8, 4) is 0 Å². The van der Waals surface area contributed by atoms with Gasteiger partial charge in [0.1, 0.15) is 0 Å². The van der Waals surface area contributed by atoms with E-state index in [2.05, 4.69) is 5.32 Å². The average Bonchev–Trinajstić information content (AvgIpc) is 2.29. The van der Waals surface area contributed by atoms with E-state index in [4.69, 9.17) is 5.11 Å². The number of halogens is 2. The van der Waals surface area contributed by atoms with Crippen LogP contribution in [0.3, 0.4) is 0 Å². The Balaban J connectivity index is 2.82. The summed E-state index contributed by atoms with van der Waals surface area (Å²) < 4.78 is 13.2. The van der Waals surface area contributed by atoms with E-state index in [1.165, 1.54) is 6.07 Å². The molecule has 0 bridgehead atoms. The molecule has 0 saturated heterocycles. The number of carbonyl (C=O) groups is 2. The van der Waals surface area contributed by atoms with Crippen LogP contribution in [0, 0.1) is 5.82 Å². The molecule has 0 aliphatic rings. The molecule has 1 atom stereocenters. The van der Waals surface area contributed by atoms with Crippen molar-refractivity contribution in [3.05, 3.63) is 35.6 Å². The molecule has 4 nitrogen and oxygen atoms in total. The molecule has 0 aliphatic carbocycles. The summed E-state index contributed by atoms with van der Waals surface area (Å²) in [6, 6.07) is 5.20. The topological polar surface area (TPSA) is 66.4 Å². The van der Waals surface area contributed by atoms with E-state index in [1.807, 2.05) is 0 Å². The van der Waals surface area contributed by atoms with Gasteiger partial charge in [-0.2, -0.15) is 0 Å². The average molecular weight is 352 g/mol. The third kappa shape index (κ3) is 4.29. The molecule has 0 fully saturated rings. The molecule has 94 valence electrons. The molecular weight excluding hydrogens is 340 g/mol. The fourth-order valence-corrected chi connectivity index (χ4v) is 2.48. The summed E-state index contributed by atoms with van der Waals surface area (Å²) in [7, 11) is 0.